The summed E-state index contributed by atoms with van der Waals surface area (Å²) in [6, 6.07) is 4.72. The number of rotatable bonds is 4. The highest BCUT2D eigenvalue weighted by atomic mass is 19.4. The monoisotopic (exact) mass is 299 g/mol. The highest BCUT2D eigenvalue weighted by Crippen LogP contribution is 2.30. The van der Waals surface area contributed by atoms with E-state index in [0.717, 1.165) is 12.3 Å². The van der Waals surface area contributed by atoms with Crippen molar-refractivity contribution in [3.63, 3.8) is 0 Å². The van der Waals surface area contributed by atoms with Crippen molar-refractivity contribution in [1.29, 1.82) is 0 Å². The number of hydrogen-bond acceptors (Lipinski definition) is 3. The van der Waals surface area contributed by atoms with E-state index in [1.165, 1.54) is 24.3 Å². The van der Waals surface area contributed by atoms with Gasteiger partial charge in [-0.3, -0.25) is 9.59 Å². The third kappa shape index (κ3) is 5.09. The van der Waals surface area contributed by atoms with Crippen LogP contribution in [0.5, 0.6) is 0 Å². The van der Waals surface area contributed by atoms with Gasteiger partial charge in [-0.2, -0.15) is 18.3 Å². The summed E-state index contributed by atoms with van der Waals surface area (Å²) >= 11 is 0. The van der Waals surface area contributed by atoms with E-state index in [-0.39, 0.29) is 12.1 Å². The summed E-state index contributed by atoms with van der Waals surface area (Å²) in [4.78, 5) is 22.4. The van der Waals surface area contributed by atoms with Gasteiger partial charge in [-0.1, -0.05) is 24.3 Å². The van der Waals surface area contributed by atoms with E-state index in [1.807, 2.05) is 5.43 Å². The molecule has 0 unspecified atom stereocenters. The molecule has 2 N–H and O–H groups in total. The quantitative estimate of drug-likeness (QED) is 0.382. The van der Waals surface area contributed by atoms with Crippen molar-refractivity contribution >= 4 is 18.0 Å². The van der Waals surface area contributed by atoms with E-state index < -0.39 is 23.6 Å². The van der Waals surface area contributed by atoms with Crippen LogP contribution in [0.1, 0.15) is 11.1 Å². The zero-order chi connectivity index (χ0) is 15.9. The second-order valence-corrected chi connectivity index (χ2v) is 3.78. The molecule has 21 heavy (non-hydrogen) atoms. The Labute approximate surface area is 118 Å². The summed E-state index contributed by atoms with van der Waals surface area (Å²) in [7, 11) is 0. The van der Waals surface area contributed by atoms with Crippen LogP contribution in [0.15, 0.2) is 42.0 Å². The molecule has 1 rings (SSSR count). The van der Waals surface area contributed by atoms with Crippen LogP contribution in [0.25, 0.3) is 0 Å². The van der Waals surface area contributed by atoms with Crippen molar-refractivity contribution < 1.29 is 22.8 Å². The van der Waals surface area contributed by atoms with Gasteiger partial charge in [0.05, 0.1) is 11.8 Å². The lowest BCUT2D eigenvalue weighted by molar-refractivity contribution is -0.139. The Hall–Kier alpha value is -2.64. The first-order valence-corrected chi connectivity index (χ1v) is 5.74. The minimum atomic E-state index is -4.53. The molecule has 112 valence electrons. The van der Waals surface area contributed by atoms with Crippen molar-refractivity contribution in [2.45, 2.75) is 6.18 Å². The molecule has 0 spiro atoms. The van der Waals surface area contributed by atoms with Gasteiger partial charge in [0.2, 0.25) is 0 Å². The van der Waals surface area contributed by atoms with Gasteiger partial charge in [0.1, 0.15) is 0 Å². The summed E-state index contributed by atoms with van der Waals surface area (Å²) in [5, 5.41) is 5.53. The molecule has 0 bridgehead atoms. The summed E-state index contributed by atoms with van der Waals surface area (Å²) in [6.45, 7) is 3.43. The third-order valence-electron chi connectivity index (χ3n) is 2.25. The molecule has 1 aromatic carbocycles. The fraction of sp³-hybridized carbons (Fsp3) is 0.154. The number of hydrogen-bond donors (Lipinski definition) is 2. The van der Waals surface area contributed by atoms with Crippen LogP contribution >= 0.6 is 0 Å². The number of nitrogens with zero attached hydrogens (tertiary/aromatic N) is 1. The fourth-order valence-electron chi connectivity index (χ4n) is 1.32. The van der Waals surface area contributed by atoms with Gasteiger partial charge in [-0.05, 0) is 6.07 Å². The molecule has 8 heteroatoms. The maximum atomic E-state index is 12.7. The van der Waals surface area contributed by atoms with Gasteiger partial charge in [-0.15, -0.1) is 6.58 Å². The number of carbonyl (C=O) groups is 2. The van der Waals surface area contributed by atoms with E-state index in [4.69, 9.17) is 0 Å². The molecule has 0 fully saturated rings. The molecule has 0 aliphatic carbocycles. The molecule has 0 atom stereocenters. The normalized spacial score (nSPS) is 11.2. The van der Waals surface area contributed by atoms with Crippen LogP contribution < -0.4 is 10.7 Å². The SMILES string of the molecule is C=CCNC(=O)C(=O)N/N=C\c1ccccc1C(F)(F)F. The minimum absolute atomic E-state index is 0.0902. The van der Waals surface area contributed by atoms with Crippen LogP contribution in [0.4, 0.5) is 13.2 Å². The van der Waals surface area contributed by atoms with Crippen molar-refractivity contribution in [2.24, 2.45) is 5.10 Å². The summed E-state index contributed by atoms with van der Waals surface area (Å²) in [5.41, 5.74) is 0.720. The number of hydrazone groups is 1. The van der Waals surface area contributed by atoms with Crippen LogP contribution in [0.2, 0.25) is 0 Å². The smallest absolute Gasteiger partial charge is 0.344 e. The molecule has 0 aliphatic rings. The lowest BCUT2D eigenvalue weighted by Crippen LogP contribution is -2.37. The predicted octanol–water partition coefficient (Wildman–Crippen LogP) is 1.46. The van der Waals surface area contributed by atoms with E-state index in [2.05, 4.69) is 17.0 Å². The number of benzene rings is 1. The van der Waals surface area contributed by atoms with Crippen LogP contribution in [0.3, 0.4) is 0 Å². The lowest BCUT2D eigenvalue weighted by Gasteiger charge is -2.09. The van der Waals surface area contributed by atoms with Gasteiger partial charge < -0.3 is 5.32 Å². The molecular formula is C13H12F3N3O2. The Morgan fingerprint density at radius 3 is 2.52 bits per heavy atom. The van der Waals surface area contributed by atoms with Crippen molar-refractivity contribution in [1.82, 2.24) is 10.7 Å². The second kappa shape index (κ2) is 7.22. The van der Waals surface area contributed by atoms with Crippen molar-refractivity contribution in [3.8, 4) is 0 Å². The first kappa shape index (κ1) is 16.4. The number of carbonyl (C=O) groups excluding carboxylic acids is 2. The number of alkyl halides is 3. The van der Waals surface area contributed by atoms with E-state index in [1.54, 1.807) is 0 Å². The molecule has 0 saturated carbocycles. The zero-order valence-corrected chi connectivity index (χ0v) is 10.8. The van der Waals surface area contributed by atoms with Crippen LogP contribution in [-0.4, -0.2) is 24.6 Å². The lowest BCUT2D eigenvalue weighted by atomic mass is 10.1. The standard InChI is InChI=1S/C13H12F3N3O2/c1-2-7-17-11(20)12(21)19-18-8-9-5-3-4-6-10(9)13(14,15)16/h2-6,8H,1,7H2,(H,17,20)(H,19,21)/b18-8-. The molecule has 1 aromatic rings. The maximum Gasteiger partial charge on any atom is 0.417 e. The van der Waals surface area contributed by atoms with Crippen molar-refractivity contribution in [2.75, 3.05) is 6.54 Å². The van der Waals surface area contributed by atoms with Gasteiger partial charge >= 0.3 is 18.0 Å². The van der Waals surface area contributed by atoms with E-state index >= 15 is 0 Å². The molecule has 0 aromatic heterocycles. The Morgan fingerprint density at radius 1 is 1.24 bits per heavy atom. The zero-order valence-electron chi connectivity index (χ0n) is 10.8. The maximum absolute atomic E-state index is 12.7. The van der Waals surface area contributed by atoms with Crippen LogP contribution in [-0.2, 0) is 15.8 Å². The van der Waals surface area contributed by atoms with Gasteiger partial charge in [-0.25, -0.2) is 5.43 Å². The van der Waals surface area contributed by atoms with Gasteiger partial charge in [0.15, 0.2) is 0 Å². The molecule has 0 radical (unpaired) electrons. The highest BCUT2D eigenvalue weighted by molar-refractivity contribution is 6.35. The van der Waals surface area contributed by atoms with E-state index in [9.17, 15) is 22.8 Å². The fourth-order valence-corrected chi connectivity index (χ4v) is 1.32. The van der Waals surface area contributed by atoms with E-state index in [0.29, 0.717) is 0 Å². The molecule has 0 heterocycles. The molecule has 0 saturated heterocycles. The van der Waals surface area contributed by atoms with Crippen molar-refractivity contribution in [3.05, 3.63) is 48.0 Å². The van der Waals surface area contributed by atoms with Crippen LogP contribution in [0, 0.1) is 0 Å². The topological polar surface area (TPSA) is 70.6 Å². The largest absolute Gasteiger partial charge is 0.417 e. The third-order valence-corrected chi connectivity index (χ3v) is 2.25. The number of nitrogens with one attached hydrogen (secondary N) is 2. The Kier molecular flexibility index (Phi) is 5.65. The summed E-state index contributed by atoms with van der Waals surface area (Å²) < 4.78 is 38.0. The molecule has 0 aliphatic heterocycles. The van der Waals surface area contributed by atoms with Gasteiger partial charge in [0, 0.05) is 12.1 Å². The average molecular weight is 299 g/mol. The summed E-state index contributed by atoms with van der Waals surface area (Å²) in [5.74, 6) is -2.05. The average Bonchev–Trinajstić information content (AvgIpc) is 2.44. The Balaban J connectivity index is 2.72. The van der Waals surface area contributed by atoms with Gasteiger partial charge in [0.25, 0.3) is 0 Å². The second-order valence-electron chi connectivity index (χ2n) is 3.78. The Bertz CT molecular complexity index is 568. The highest BCUT2D eigenvalue weighted by Gasteiger charge is 2.32. The number of halogens is 3. The summed E-state index contributed by atoms with van der Waals surface area (Å²) in [6.07, 6.45) is -2.34. The first-order chi connectivity index (χ1) is 9.86. The minimum Gasteiger partial charge on any atom is -0.344 e. The molecule has 2 amide bonds. The molecular weight excluding hydrogens is 287 g/mol. The predicted molar refractivity (Wildman–Crippen MR) is 70.4 cm³/mol. The Morgan fingerprint density at radius 2 is 1.90 bits per heavy atom. The molecule has 5 nitrogen and oxygen atoms in total. The first-order valence-electron chi connectivity index (χ1n) is 5.74. The number of amides is 2.